The second-order valence-electron chi connectivity index (χ2n) is 4.40. The summed E-state index contributed by atoms with van der Waals surface area (Å²) in [6.07, 6.45) is 2.54. The SMILES string of the molecule is NNC(=O)c1ccc(COCCc2ccccn2)c(Br)c1. The Kier molecular flexibility index (Phi) is 5.86. The van der Waals surface area contributed by atoms with Crippen LogP contribution < -0.4 is 11.3 Å². The maximum absolute atomic E-state index is 11.4. The number of amides is 1. The molecule has 1 amide bonds. The standard InChI is InChI=1S/C15H16BrN3O2/c16-14-9-11(15(20)19-17)4-5-12(14)10-21-8-6-13-3-1-2-7-18-13/h1-5,7,9H,6,8,10,17H2,(H,19,20). The first kappa shape index (κ1) is 15.6. The van der Waals surface area contributed by atoms with Crippen LogP contribution in [0.4, 0.5) is 0 Å². The van der Waals surface area contributed by atoms with Gasteiger partial charge in [-0.3, -0.25) is 15.2 Å². The summed E-state index contributed by atoms with van der Waals surface area (Å²) in [6.45, 7) is 1.06. The second kappa shape index (κ2) is 7.87. The minimum absolute atomic E-state index is 0.321. The first-order valence-electron chi connectivity index (χ1n) is 6.47. The lowest BCUT2D eigenvalue weighted by Gasteiger charge is -2.08. The Morgan fingerprint density at radius 2 is 2.19 bits per heavy atom. The highest BCUT2D eigenvalue weighted by Gasteiger charge is 2.07. The van der Waals surface area contributed by atoms with Crippen LogP contribution >= 0.6 is 15.9 Å². The first-order chi connectivity index (χ1) is 10.2. The summed E-state index contributed by atoms with van der Waals surface area (Å²) in [5.74, 6) is 4.78. The summed E-state index contributed by atoms with van der Waals surface area (Å²) in [4.78, 5) is 15.6. The van der Waals surface area contributed by atoms with E-state index in [1.807, 2.05) is 24.3 Å². The number of carbonyl (C=O) groups is 1. The molecule has 2 rings (SSSR count). The Morgan fingerprint density at radius 3 is 2.86 bits per heavy atom. The number of ether oxygens (including phenoxy) is 1. The zero-order valence-electron chi connectivity index (χ0n) is 11.4. The van der Waals surface area contributed by atoms with Crippen molar-refractivity contribution in [1.82, 2.24) is 10.4 Å². The molecule has 0 unspecified atom stereocenters. The van der Waals surface area contributed by atoms with Gasteiger partial charge in [0.1, 0.15) is 0 Å². The fraction of sp³-hybridized carbons (Fsp3) is 0.200. The quantitative estimate of drug-likeness (QED) is 0.362. The molecule has 0 fully saturated rings. The third kappa shape index (κ3) is 4.63. The molecule has 2 aromatic rings. The lowest BCUT2D eigenvalue weighted by Crippen LogP contribution is -2.29. The van der Waals surface area contributed by atoms with Crippen LogP contribution in [-0.4, -0.2) is 17.5 Å². The molecule has 6 heteroatoms. The van der Waals surface area contributed by atoms with Crippen molar-refractivity contribution in [2.75, 3.05) is 6.61 Å². The Hall–Kier alpha value is -1.76. The van der Waals surface area contributed by atoms with Crippen LogP contribution in [0.15, 0.2) is 47.1 Å². The monoisotopic (exact) mass is 349 g/mol. The number of nitrogens with zero attached hydrogens (tertiary/aromatic N) is 1. The van der Waals surface area contributed by atoms with E-state index in [9.17, 15) is 4.79 Å². The Balaban J connectivity index is 1.85. The zero-order valence-corrected chi connectivity index (χ0v) is 13.0. The van der Waals surface area contributed by atoms with Gasteiger partial charge < -0.3 is 4.74 Å². The van der Waals surface area contributed by atoms with E-state index in [1.54, 1.807) is 18.3 Å². The minimum Gasteiger partial charge on any atom is -0.376 e. The molecule has 3 N–H and O–H groups in total. The number of hydrogen-bond donors (Lipinski definition) is 2. The zero-order chi connectivity index (χ0) is 15.1. The summed E-state index contributed by atoms with van der Waals surface area (Å²) >= 11 is 3.43. The highest BCUT2D eigenvalue weighted by molar-refractivity contribution is 9.10. The molecule has 0 saturated carbocycles. The summed E-state index contributed by atoms with van der Waals surface area (Å²) in [6, 6.07) is 11.1. The average molecular weight is 350 g/mol. The molecule has 1 heterocycles. The van der Waals surface area contributed by atoms with Gasteiger partial charge >= 0.3 is 0 Å². The molecule has 0 spiro atoms. The van der Waals surface area contributed by atoms with Crippen molar-refractivity contribution in [2.24, 2.45) is 5.84 Å². The topological polar surface area (TPSA) is 77.2 Å². The van der Waals surface area contributed by atoms with Gasteiger partial charge in [0, 0.05) is 28.3 Å². The number of nitrogens with two attached hydrogens (primary N) is 1. The third-order valence-corrected chi connectivity index (χ3v) is 3.67. The third-order valence-electron chi connectivity index (χ3n) is 2.93. The smallest absolute Gasteiger partial charge is 0.265 e. The first-order valence-corrected chi connectivity index (χ1v) is 7.27. The highest BCUT2D eigenvalue weighted by Crippen LogP contribution is 2.19. The number of halogens is 1. The predicted octanol–water partition coefficient (Wildman–Crippen LogP) is 2.21. The van der Waals surface area contributed by atoms with E-state index >= 15 is 0 Å². The van der Waals surface area contributed by atoms with Gasteiger partial charge in [0.25, 0.3) is 5.91 Å². The lowest BCUT2D eigenvalue weighted by molar-refractivity contribution is 0.0953. The molecule has 0 bridgehead atoms. The van der Waals surface area contributed by atoms with E-state index < -0.39 is 0 Å². The van der Waals surface area contributed by atoms with Gasteiger partial charge in [-0.05, 0) is 29.8 Å². The summed E-state index contributed by atoms with van der Waals surface area (Å²) in [5, 5.41) is 0. The number of nitrogens with one attached hydrogen (secondary N) is 1. The number of aromatic nitrogens is 1. The van der Waals surface area contributed by atoms with E-state index in [4.69, 9.17) is 10.6 Å². The molecular formula is C15H16BrN3O2. The molecule has 5 nitrogen and oxygen atoms in total. The van der Waals surface area contributed by atoms with E-state index in [-0.39, 0.29) is 5.91 Å². The minimum atomic E-state index is -0.321. The fourth-order valence-electron chi connectivity index (χ4n) is 1.79. The summed E-state index contributed by atoms with van der Waals surface area (Å²) in [7, 11) is 0. The molecule has 1 aromatic heterocycles. The Labute approximate surface area is 131 Å². The van der Waals surface area contributed by atoms with Crippen molar-refractivity contribution in [3.05, 3.63) is 63.9 Å². The van der Waals surface area contributed by atoms with Gasteiger partial charge in [-0.25, -0.2) is 5.84 Å². The number of pyridine rings is 1. The van der Waals surface area contributed by atoms with Crippen LogP contribution in [0, 0.1) is 0 Å². The molecule has 110 valence electrons. The van der Waals surface area contributed by atoms with Gasteiger partial charge in [0.05, 0.1) is 13.2 Å². The van der Waals surface area contributed by atoms with Crippen molar-refractivity contribution in [3.8, 4) is 0 Å². The fourth-order valence-corrected chi connectivity index (χ4v) is 2.29. The van der Waals surface area contributed by atoms with Gasteiger partial charge in [-0.15, -0.1) is 0 Å². The molecular weight excluding hydrogens is 334 g/mol. The summed E-state index contributed by atoms with van der Waals surface area (Å²) < 4.78 is 6.46. The van der Waals surface area contributed by atoms with Crippen molar-refractivity contribution < 1.29 is 9.53 Å². The van der Waals surface area contributed by atoms with Gasteiger partial charge in [0.2, 0.25) is 0 Å². The van der Waals surface area contributed by atoms with Crippen LogP contribution in [-0.2, 0) is 17.8 Å². The van der Waals surface area contributed by atoms with E-state index in [0.717, 1.165) is 22.2 Å². The second-order valence-corrected chi connectivity index (χ2v) is 5.26. The largest absolute Gasteiger partial charge is 0.376 e. The molecule has 0 aliphatic rings. The summed E-state index contributed by atoms with van der Waals surface area (Å²) in [5.41, 5.74) is 4.58. The van der Waals surface area contributed by atoms with Gasteiger partial charge in [-0.2, -0.15) is 0 Å². The number of benzene rings is 1. The lowest BCUT2D eigenvalue weighted by atomic mass is 10.1. The van der Waals surface area contributed by atoms with Crippen LogP contribution in [0.5, 0.6) is 0 Å². The maximum atomic E-state index is 11.4. The highest BCUT2D eigenvalue weighted by atomic mass is 79.9. The molecule has 0 aliphatic heterocycles. The number of hydrogen-bond acceptors (Lipinski definition) is 4. The molecule has 0 atom stereocenters. The Morgan fingerprint density at radius 1 is 1.33 bits per heavy atom. The molecule has 0 radical (unpaired) electrons. The normalized spacial score (nSPS) is 10.4. The predicted molar refractivity (Wildman–Crippen MR) is 83.4 cm³/mol. The number of hydrazine groups is 1. The van der Waals surface area contributed by atoms with Crippen LogP contribution in [0.1, 0.15) is 21.6 Å². The number of carbonyl (C=O) groups excluding carboxylic acids is 1. The molecule has 1 aromatic carbocycles. The molecule has 0 saturated heterocycles. The number of rotatable bonds is 6. The van der Waals surface area contributed by atoms with Crippen molar-refractivity contribution in [1.29, 1.82) is 0 Å². The van der Waals surface area contributed by atoms with Crippen LogP contribution in [0.3, 0.4) is 0 Å². The van der Waals surface area contributed by atoms with E-state index in [1.165, 1.54) is 0 Å². The van der Waals surface area contributed by atoms with Crippen LogP contribution in [0.2, 0.25) is 0 Å². The Bertz CT molecular complexity index is 605. The average Bonchev–Trinajstić information content (AvgIpc) is 2.53. The van der Waals surface area contributed by atoms with Crippen molar-refractivity contribution in [3.63, 3.8) is 0 Å². The van der Waals surface area contributed by atoms with Crippen LogP contribution in [0.25, 0.3) is 0 Å². The van der Waals surface area contributed by atoms with E-state index in [2.05, 4.69) is 26.3 Å². The maximum Gasteiger partial charge on any atom is 0.265 e. The van der Waals surface area contributed by atoms with Gasteiger partial charge in [-0.1, -0.05) is 28.1 Å². The molecule has 0 aliphatic carbocycles. The van der Waals surface area contributed by atoms with Crippen molar-refractivity contribution in [2.45, 2.75) is 13.0 Å². The van der Waals surface area contributed by atoms with Crippen molar-refractivity contribution >= 4 is 21.8 Å². The van der Waals surface area contributed by atoms with E-state index in [0.29, 0.717) is 18.8 Å². The van der Waals surface area contributed by atoms with Gasteiger partial charge in [0.15, 0.2) is 0 Å². The molecule has 21 heavy (non-hydrogen) atoms. The number of nitrogen functional groups attached to an aromatic ring is 1.